The van der Waals surface area contributed by atoms with Crippen molar-refractivity contribution in [1.82, 2.24) is 4.98 Å². The molecule has 2 N–H and O–H groups in total. The lowest BCUT2D eigenvalue weighted by Gasteiger charge is -2.10. The Kier molecular flexibility index (Phi) is 3.14. The molecule has 0 fully saturated rings. The summed E-state index contributed by atoms with van der Waals surface area (Å²) in [7, 11) is 0. The third-order valence-electron chi connectivity index (χ3n) is 3.39. The fraction of sp³-hybridized carbons (Fsp3) is 0.125. The molecule has 3 rings (SSSR count). The van der Waals surface area contributed by atoms with Gasteiger partial charge in [-0.2, -0.15) is 0 Å². The third kappa shape index (κ3) is 2.25. The molecule has 1 heterocycles. The van der Waals surface area contributed by atoms with E-state index < -0.39 is 11.6 Å². The molecule has 0 aliphatic rings. The summed E-state index contributed by atoms with van der Waals surface area (Å²) in [4.78, 5) is 3.15. The molecule has 0 bridgehead atoms. The van der Waals surface area contributed by atoms with Gasteiger partial charge in [-0.3, -0.25) is 0 Å². The van der Waals surface area contributed by atoms with Gasteiger partial charge in [0, 0.05) is 18.8 Å². The van der Waals surface area contributed by atoms with E-state index in [2.05, 4.69) is 10.3 Å². The number of hydrogen-bond donors (Lipinski definition) is 2. The average Bonchev–Trinajstić information content (AvgIpc) is 2.90. The van der Waals surface area contributed by atoms with Crippen LogP contribution in [0.1, 0.15) is 11.1 Å². The highest BCUT2D eigenvalue weighted by Crippen LogP contribution is 2.22. The molecule has 2 nitrogen and oxygen atoms in total. The van der Waals surface area contributed by atoms with Gasteiger partial charge in [0.15, 0.2) is 0 Å². The molecule has 0 unspecified atom stereocenters. The van der Waals surface area contributed by atoms with Gasteiger partial charge in [0.05, 0.1) is 11.2 Å². The number of benzene rings is 2. The fourth-order valence-corrected chi connectivity index (χ4v) is 2.27. The minimum Gasteiger partial charge on any atom is -0.378 e. The first-order valence-electron chi connectivity index (χ1n) is 6.39. The van der Waals surface area contributed by atoms with Crippen LogP contribution >= 0.6 is 0 Å². The van der Waals surface area contributed by atoms with Crippen LogP contribution in [0.15, 0.2) is 42.6 Å². The second kappa shape index (κ2) is 4.96. The van der Waals surface area contributed by atoms with Crippen molar-refractivity contribution in [3.05, 3.63) is 65.4 Å². The van der Waals surface area contributed by atoms with Gasteiger partial charge >= 0.3 is 0 Å². The van der Waals surface area contributed by atoms with Crippen LogP contribution in [0.3, 0.4) is 0 Å². The number of para-hydroxylation sites is 1. The summed E-state index contributed by atoms with van der Waals surface area (Å²) in [6.45, 7) is 1.97. The lowest BCUT2D eigenvalue weighted by molar-refractivity contribution is 0.594. The van der Waals surface area contributed by atoms with E-state index in [4.69, 9.17) is 0 Å². The zero-order chi connectivity index (χ0) is 14.1. The van der Waals surface area contributed by atoms with Crippen LogP contribution in [0.2, 0.25) is 0 Å². The Morgan fingerprint density at radius 2 is 1.95 bits per heavy atom. The van der Waals surface area contributed by atoms with E-state index in [0.717, 1.165) is 16.5 Å². The topological polar surface area (TPSA) is 27.8 Å². The van der Waals surface area contributed by atoms with E-state index in [0.29, 0.717) is 12.1 Å². The minimum atomic E-state index is -0.442. The van der Waals surface area contributed by atoms with Crippen LogP contribution in [-0.2, 0) is 6.54 Å². The van der Waals surface area contributed by atoms with Crippen molar-refractivity contribution in [2.24, 2.45) is 0 Å². The predicted molar refractivity (Wildman–Crippen MR) is 76.7 cm³/mol. The van der Waals surface area contributed by atoms with Crippen LogP contribution in [0, 0.1) is 18.6 Å². The molecule has 0 radical (unpaired) electrons. The number of anilines is 1. The molecule has 0 saturated carbocycles. The molecule has 20 heavy (non-hydrogen) atoms. The summed E-state index contributed by atoms with van der Waals surface area (Å²) in [5.74, 6) is -0.852. The number of halogens is 2. The second-order valence-electron chi connectivity index (χ2n) is 4.79. The van der Waals surface area contributed by atoms with E-state index in [-0.39, 0.29) is 5.69 Å². The monoisotopic (exact) mass is 272 g/mol. The van der Waals surface area contributed by atoms with Gasteiger partial charge in [-0.15, -0.1) is 0 Å². The number of hydrogen-bond acceptors (Lipinski definition) is 1. The van der Waals surface area contributed by atoms with E-state index >= 15 is 0 Å². The zero-order valence-electron chi connectivity index (χ0n) is 11.0. The third-order valence-corrected chi connectivity index (χ3v) is 3.39. The van der Waals surface area contributed by atoms with Gasteiger partial charge in [0.2, 0.25) is 0 Å². The van der Waals surface area contributed by atoms with Gasteiger partial charge in [-0.1, -0.05) is 18.2 Å². The normalized spacial score (nSPS) is 10.9. The summed E-state index contributed by atoms with van der Waals surface area (Å²) >= 11 is 0. The highest BCUT2D eigenvalue weighted by atomic mass is 19.1. The molecule has 4 heteroatoms. The van der Waals surface area contributed by atoms with Gasteiger partial charge < -0.3 is 10.3 Å². The van der Waals surface area contributed by atoms with Gasteiger partial charge in [0.1, 0.15) is 11.6 Å². The number of H-pyrrole nitrogens is 1. The van der Waals surface area contributed by atoms with Crippen LogP contribution in [0.25, 0.3) is 10.9 Å². The highest BCUT2D eigenvalue weighted by Gasteiger charge is 2.08. The van der Waals surface area contributed by atoms with Crippen molar-refractivity contribution < 1.29 is 8.78 Å². The van der Waals surface area contributed by atoms with Crippen molar-refractivity contribution >= 4 is 16.6 Å². The van der Waals surface area contributed by atoms with Gasteiger partial charge in [0.25, 0.3) is 0 Å². The first-order chi connectivity index (χ1) is 9.65. The van der Waals surface area contributed by atoms with Crippen LogP contribution in [0.5, 0.6) is 0 Å². The number of fused-ring (bicyclic) bond motifs is 1. The first kappa shape index (κ1) is 12.7. The Bertz CT molecular complexity index is 762. The Morgan fingerprint density at radius 1 is 1.10 bits per heavy atom. The van der Waals surface area contributed by atoms with Crippen molar-refractivity contribution in [2.45, 2.75) is 13.5 Å². The van der Waals surface area contributed by atoms with Crippen LogP contribution < -0.4 is 5.32 Å². The maximum Gasteiger partial charge on any atom is 0.146 e. The Labute approximate surface area is 115 Å². The van der Waals surface area contributed by atoms with Crippen LogP contribution in [-0.4, -0.2) is 4.98 Å². The van der Waals surface area contributed by atoms with Crippen molar-refractivity contribution in [3.8, 4) is 0 Å². The smallest absolute Gasteiger partial charge is 0.146 e. The van der Waals surface area contributed by atoms with Crippen molar-refractivity contribution in [1.29, 1.82) is 0 Å². The van der Waals surface area contributed by atoms with E-state index in [1.807, 2.05) is 30.5 Å². The molecule has 0 aliphatic carbocycles. The lowest BCUT2D eigenvalue weighted by atomic mass is 10.1. The fourth-order valence-electron chi connectivity index (χ4n) is 2.27. The number of rotatable bonds is 3. The summed E-state index contributed by atoms with van der Waals surface area (Å²) in [6, 6.07) is 10.3. The summed E-state index contributed by atoms with van der Waals surface area (Å²) in [5, 5.41) is 4.04. The summed E-state index contributed by atoms with van der Waals surface area (Å²) < 4.78 is 27.2. The molecule has 0 spiro atoms. The van der Waals surface area contributed by atoms with Crippen molar-refractivity contribution in [3.63, 3.8) is 0 Å². The molecule has 1 aromatic heterocycles. The SMILES string of the molecule is Cc1cc(F)c(NCc2cccc3cc[nH]c23)cc1F. The molecule has 0 aliphatic heterocycles. The molecule has 2 aromatic carbocycles. The summed E-state index contributed by atoms with van der Waals surface area (Å²) in [5.41, 5.74) is 2.50. The largest absolute Gasteiger partial charge is 0.378 e. The predicted octanol–water partition coefficient (Wildman–Crippen LogP) is 4.37. The van der Waals surface area contributed by atoms with Gasteiger partial charge in [-0.25, -0.2) is 8.78 Å². The maximum absolute atomic E-state index is 13.8. The molecular weight excluding hydrogens is 258 g/mol. The number of aryl methyl sites for hydroxylation is 1. The van der Waals surface area contributed by atoms with E-state index in [9.17, 15) is 8.78 Å². The van der Waals surface area contributed by atoms with Crippen LogP contribution in [0.4, 0.5) is 14.5 Å². The lowest BCUT2D eigenvalue weighted by Crippen LogP contribution is -2.03. The van der Waals surface area contributed by atoms with Gasteiger partial charge in [-0.05, 0) is 35.6 Å². The first-order valence-corrected chi connectivity index (χ1v) is 6.39. The van der Waals surface area contributed by atoms with Crippen molar-refractivity contribution in [2.75, 3.05) is 5.32 Å². The minimum absolute atomic E-state index is 0.177. The highest BCUT2D eigenvalue weighted by molar-refractivity contribution is 5.82. The molecule has 0 amide bonds. The Hall–Kier alpha value is -2.36. The number of aromatic nitrogens is 1. The zero-order valence-corrected chi connectivity index (χ0v) is 11.0. The Balaban J connectivity index is 1.86. The number of nitrogens with one attached hydrogen (secondary N) is 2. The molecule has 3 aromatic rings. The molecule has 0 saturated heterocycles. The average molecular weight is 272 g/mol. The molecule has 102 valence electrons. The van der Waals surface area contributed by atoms with E-state index in [1.165, 1.54) is 12.1 Å². The molecular formula is C16H14F2N2. The molecule has 0 atom stereocenters. The Morgan fingerprint density at radius 3 is 2.80 bits per heavy atom. The quantitative estimate of drug-likeness (QED) is 0.728. The summed E-state index contributed by atoms with van der Waals surface area (Å²) in [6.07, 6.45) is 1.86. The second-order valence-corrected chi connectivity index (χ2v) is 4.79. The van der Waals surface area contributed by atoms with E-state index in [1.54, 1.807) is 6.92 Å². The number of aromatic amines is 1. The standard InChI is InChI=1S/C16H14F2N2/c1-10-7-14(18)15(8-13(10)17)20-9-12-4-2-3-11-5-6-19-16(11)12/h2-8,19-20H,9H2,1H3. The maximum atomic E-state index is 13.8.